The number of rotatable bonds is 7. The van der Waals surface area contributed by atoms with Gasteiger partial charge in [0.05, 0.1) is 21.6 Å². The van der Waals surface area contributed by atoms with Crippen molar-refractivity contribution < 1.29 is 22.9 Å². The summed E-state index contributed by atoms with van der Waals surface area (Å²) < 4.78 is 32.5. The Balaban J connectivity index is 2.57. The summed E-state index contributed by atoms with van der Waals surface area (Å²) in [4.78, 5) is 22.3. The van der Waals surface area contributed by atoms with E-state index in [4.69, 9.17) is 4.74 Å². The van der Waals surface area contributed by atoms with Crippen LogP contribution in [0.4, 0.5) is 11.4 Å². The standard InChI is InChI=1S/C19H22N2O6S/c1-13(2)27-19(22)12-20(17-9-14(3)8-15(4)10-17)28(25,26)18-7-5-6-16(11-18)21(23)24/h5-11,13H,12H2,1-4H3. The molecular formula is C19H22N2O6S. The third-order valence-electron chi connectivity index (χ3n) is 3.75. The molecule has 0 aliphatic heterocycles. The first-order valence-electron chi connectivity index (χ1n) is 8.55. The second kappa shape index (κ2) is 8.39. The van der Waals surface area contributed by atoms with Crippen LogP contribution >= 0.6 is 0 Å². The first kappa shape index (κ1) is 21.4. The molecule has 0 saturated heterocycles. The molecule has 2 aromatic rings. The van der Waals surface area contributed by atoms with E-state index in [0.717, 1.165) is 21.5 Å². The van der Waals surface area contributed by atoms with Crippen molar-refractivity contribution in [2.75, 3.05) is 10.8 Å². The fraction of sp³-hybridized carbons (Fsp3) is 0.316. The van der Waals surface area contributed by atoms with Gasteiger partial charge in [-0.3, -0.25) is 19.2 Å². The first-order valence-corrected chi connectivity index (χ1v) is 9.99. The van der Waals surface area contributed by atoms with Crippen molar-refractivity contribution in [3.63, 3.8) is 0 Å². The lowest BCUT2D eigenvalue weighted by Gasteiger charge is -2.25. The van der Waals surface area contributed by atoms with Crippen LogP contribution in [0.5, 0.6) is 0 Å². The minimum absolute atomic E-state index is 0.279. The number of hydrogen-bond donors (Lipinski definition) is 0. The van der Waals surface area contributed by atoms with E-state index in [-0.39, 0.29) is 16.3 Å². The summed E-state index contributed by atoms with van der Waals surface area (Å²) in [6.07, 6.45) is -0.408. The van der Waals surface area contributed by atoms with E-state index in [2.05, 4.69) is 0 Å². The maximum atomic E-state index is 13.2. The molecular weight excluding hydrogens is 384 g/mol. The van der Waals surface area contributed by atoms with Gasteiger partial charge in [0.15, 0.2) is 0 Å². The zero-order chi connectivity index (χ0) is 21.1. The molecule has 0 fully saturated rings. The third kappa shape index (κ3) is 5.07. The molecule has 0 aromatic heterocycles. The Kier molecular flexibility index (Phi) is 6.40. The van der Waals surface area contributed by atoms with Gasteiger partial charge in [-0.2, -0.15) is 0 Å². The maximum absolute atomic E-state index is 13.2. The maximum Gasteiger partial charge on any atom is 0.327 e. The Labute approximate surface area is 163 Å². The molecule has 0 spiro atoms. The number of sulfonamides is 1. The van der Waals surface area contributed by atoms with Crippen LogP contribution in [0.15, 0.2) is 47.4 Å². The molecule has 0 N–H and O–H groups in total. The molecule has 0 bridgehead atoms. The van der Waals surface area contributed by atoms with Gasteiger partial charge < -0.3 is 4.74 Å². The van der Waals surface area contributed by atoms with Gasteiger partial charge in [0, 0.05) is 12.1 Å². The van der Waals surface area contributed by atoms with E-state index in [0.29, 0.717) is 0 Å². The number of nitro benzene ring substituents is 1. The SMILES string of the molecule is Cc1cc(C)cc(N(CC(=O)OC(C)C)S(=O)(=O)c2cccc([N+](=O)[O-])c2)c1. The number of ether oxygens (including phenoxy) is 1. The zero-order valence-corrected chi connectivity index (χ0v) is 16.9. The normalized spacial score (nSPS) is 11.3. The summed E-state index contributed by atoms with van der Waals surface area (Å²) in [5.41, 5.74) is 1.55. The Morgan fingerprint density at radius 1 is 1.14 bits per heavy atom. The molecule has 0 saturated carbocycles. The number of hydrogen-bond acceptors (Lipinski definition) is 6. The topological polar surface area (TPSA) is 107 Å². The lowest BCUT2D eigenvalue weighted by molar-refractivity contribution is -0.385. The monoisotopic (exact) mass is 406 g/mol. The van der Waals surface area contributed by atoms with Gasteiger partial charge in [-0.05, 0) is 57.0 Å². The third-order valence-corrected chi connectivity index (χ3v) is 5.52. The van der Waals surface area contributed by atoms with Gasteiger partial charge in [0.1, 0.15) is 6.54 Å². The first-order chi connectivity index (χ1) is 13.0. The molecule has 0 unspecified atom stereocenters. The summed E-state index contributed by atoms with van der Waals surface area (Å²) in [6, 6.07) is 9.85. The van der Waals surface area contributed by atoms with Gasteiger partial charge >= 0.3 is 5.97 Å². The van der Waals surface area contributed by atoms with Crippen molar-refractivity contribution in [3.8, 4) is 0 Å². The molecule has 0 aliphatic rings. The van der Waals surface area contributed by atoms with Crippen LogP contribution in [0.2, 0.25) is 0 Å². The molecule has 28 heavy (non-hydrogen) atoms. The number of non-ortho nitro benzene ring substituents is 1. The largest absolute Gasteiger partial charge is 0.462 e. The molecule has 0 heterocycles. The fourth-order valence-corrected chi connectivity index (χ4v) is 4.14. The lowest BCUT2D eigenvalue weighted by Crippen LogP contribution is -2.37. The van der Waals surface area contributed by atoms with Gasteiger partial charge in [-0.15, -0.1) is 0 Å². The number of nitro groups is 1. The minimum Gasteiger partial charge on any atom is -0.462 e. The highest BCUT2D eigenvalue weighted by atomic mass is 32.2. The second-order valence-electron chi connectivity index (χ2n) is 6.65. The smallest absolute Gasteiger partial charge is 0.327 e. The Morgan fingerprint density at radius 3 is 2.29 bits per heavy atom. The van der Waals surface area contributed by atoms with Crippen LogP contribution in [-0.2, 0) is 19.6 Å². The van der Waals surface area contributed by atoms with Gasteiger partial charge in [0.25, 0.3) is 15.7 Å². The lowest BCUT2D eigenvalue weighted by atomic mass is 10.1. The Hall–Kier alpha value is -2.94. The van der Waals surface area contributed by atoms with E-state index in [1.165, 1.54) is 18.2 Å². The van der Waals surface area contributed by atoms with Crippen molar-refractivity contribution in [2.45, 2.75) is 38.7 Å². The van der Waals surface area contributed by atoms with E-state index in [9.17, 15) is 23.3 Å². The van der Waals surface area contributed by atoms with E-state index < -0.39 is 33.6 Å². The molecule has 0 radical (unpaired) electrons. The van der Waals surface area contributed by atoms with Crippen molar-refractivity contribution >= 4 is 27.4 Å². The average Bonchev–Trinajstić information content (AvgIpc) is 2.58. The number of anilines is 1. The fourth-order valence-electron chi connectivity index (χ4n) is 2.71. The highest BCUT2D eigenvalue weighted by molar-refractivity contribution is 7.92. The number of benzene rings is 2. The van der Waals surface area contributed by atoms with Crippen LogP contribution < -0.4 is 4.31 Å². The molecule has 0 atom stereocenters. The van der Waals surface area contributed by atoms with E-state index in [1.54, 1.807) is 39.8 Å². The summed E-state index contributed by atoms with van der Waals surface area (Å²) >= 11 is 0. The predicted molar refractivity (Wildman–Crippen MR) is 105 cm³/mol. The van der Waals surface area contributed by atoms with E-state index >= 15 is 0 Å². The summed E-state index contributed by atoms with van der Waals surface area (Å²) in [5.74, 6) is -0.719. The molecule has 9 heteroatoms. The van der Waals surface area contributed by atoms with E-state index in [1.807, 2.05) is 6.07 Å². The van der Waals surface area contributed by atoms with Crippen LogP contribution in [0.3, 0.4) is 0 Å². The van der Waals surface area contributed by atoms with Crippen LogP contribution in [-0.4, -0.2) is 32.0 Å². The minimum atomic E-state index is -4.25. The highest BCUT2D eigenvalue weighted by Crippen LogP contribution is 2.27. The molecule has 2 aromatic carbocycles. The van der Waals surface area contributed by atoms with Crippen molar-refractivity contribution in [2.24, 2.45) is 0 Å². The average molecular weight is 406 g/mol. The number of carbonyl (C=O) groups is 1. The van der Waals surface area contributed by atoms with Gasteiger partial charge in [-0.25, -0.2) is 8.42 Å². The second-order valence-corrected chi connectivity index (χ2v) is 8.51. The summed E-state index contributed by atoms with van der Waals surface area (Å²) in [7, 11) is -4.25. The van der Waals surface area contributed by atoms with Crippen LogP contribution in [0.1, 0.15) is 25.0 Å². The molecule has 0 amide bonds. The Morgan fingerprint density at radius 2 is 1.75 bits per heavy atom. The predicted octanol–water partition coefficient (Wildman–Crippen LogP) is 3.36. The number of nitrogens with zero attached hydrogens (tertiary/aromatic N) is 2. The molecule has 8 nitrogen and oxygen atoms in total. The number of aryl methyl sites for hydroxylation is 2. The molecule has 0 aliphatic carbocycles. The number of esters is 1. The van der Waals surface area contributed by atoms with Gasteiger partial charge in [-0.1, -0.05) is 12.1 Å². The zero-order valence-electron chi connectivity index (χ0n) is 16.1. The van der Waals surface area contributed by atoms with Crippen molar-refractivity contribution in [1.29, 1.82) is 0 Å². The highest BCUT2D eigenvalue weighted by Gasteiger charge is 2.29. The van der Waals surface area contributed by atoms with Crippen LogP contribution in [0.25, 0.3) is 0 Å². The van der Waals surface area contributed by atoms with Crippen molar-refractivity contribution in [3.05, 3.63) is 63.7 Å². The summed E-state index contributed by atoms with van der Waals surface area (Å²) in [5, 5.41) is 11.0. The van der Waals surface area contributed by atoms with Crippen molar-refractivity contribution in [1.82, 2.24) is 0 Å². The number of carbonyl (C=O) groups excluding carboxylic acids is 1. The summed E-state index contributed by atoms with van der Waals surface area (Å²) in [6.45, 7) is 6.39. The Bertz CT molecular complexity index is 981. The molecule has 150 valence electrons. The quantitative estimate of drug-likeness (QED) is 0.396. The van der Waals surface area contributed by atoms with Crippen LogP contribution in [0, 0.1) is 24.0 Å². The molecule has 2 rings (SSSR count). The van der Waals surface area contributed by atoms with Gasteiger partial charge in [0.2, 0.25) is 0 Å².